The maximum atomic E-state index is 13.4. The molecule has 1 unspecified atom stereocenters. The summed E-state index contributed by atoms with van der Waals surface area (Å²) in [4.78, 5) is 0. The van der Waals surface area contributed by atoms with Gasteiger partial charge in [-0.15, -0.1) is 5.10 Å². The van der Waals surface area contributed by atoms with Gasteiger partial charge in [0.05, 0.1) is 25.0 Å². The fraction of sp³-hybridized carbons (Fsp3) is 0.273. The topological polar surface area (TPSA) is 78.0 Å². The minimum atomic E-state index is -0.417. The summed E-state index contributed by atoms with van der Waals surface area (Å²) >= 11 is 0. The molecule has 0 fully saturated rings. The van der Waals surface area contributed by atoms with E-state index in [-0.39, 0.29) is 11.8 Å². The Labute approximate surface area is 104 Å². The first kappa shape index (κ1) is 12.5. The standard InChI is InChI=1S/C11H14FN5O/c1-17-9(6-14-16-17)11(15-13)7-3-4-8(12)10(5-7)18-2/h3-6,11,15H,13H2,1-2H3. The molecule has 0 saturated heterocycles. The highest BCUT2D eigenvalue weighted by Crippen LogP contribution is 2.25. The zero-order chi connectivity index (χ0) is 13.1. The summed E-state index contributed by atoms with van der Waals surface area (Å²) in [5.41, 5.74) is 4.19. The second-order valence-corrected chi connectivity index (χ2v) is 3.78. The Morgan fingerprint density at radius 1 is 1.50 bits per heavy atom. The number of nitrogens with zero attached hydrogens (tertiary/aromatic N) is 3. The summed E-state index contributed by atoms with van der Waals surface area (Å²) < 4.78 is 19.9. The Bertz CT molecular complexity index is 542. The fourth-order valence-electron chi connectivity index (χ4n) is 1.77. The fourth-order valence-corrected chi connectivity index (χ4v) is 1.77. The van der Waals surface area contributed by atoms with E-state index in [1.807, 2.05) is 0 Å². The molecule has 6 nitrogen and oxygen atoms in total. The van der Waals surface area contributed by atoms with E-state index in [9.17, 15) is 4.39 Å². The van der Waals surface area contributed by atoms with Gasteiger partial charge in [-0.25, -0.2) is 9.82 Å². The molecule has 2 aromatic rings. The molecule has 0 radical (unpaired) electrons. The summed E-state index contributed by atoms with van der Waals surface area (Å²) in [5.74, 6) is 5.29. The number of nitrogens with one attached hydrogen (secondary N) is 1. The largest absolute Gasteiger partial charge is 0.494 e. The van der Waals surface area contributed by atoms with Gasteiger partial charge in [0.2, 0.25) is 0 Å². The van der Waals surface area contributed by atoms with Gasteiger partial charge in [0, 0.05) is 7.05 Å². The number of rotatable bonds is 4. The van der Waals surface area contributed by atoms with E-state index >= 15 is 0 Å². The Balaban J connectivity index is 2.42. The van der Waals surface area contributed by atoms with Crippen LogP contribution in [0.1, 0.15) is 17.3 Å². The molecular weight excluding hydrogens is 237 g/mol. The SMILES string of the molecule is COc1cc(C(NN)c2cnnn2C)ccc1F. The van der Waals surface area contributed by atoms with Crippen LogP contribution in [-0.4, -0.2) is 22.1 Å². The third kappa shape index (κ3) is 2.18. The molecule has 0 aliphatic heterocycles. The van der Waals surface area contributed by atoms with Gasteiger partial charge in [-0.05, 0) is 17.7 Å². The van der Waals surface area contributed by atoms with Gasteiger partial charge in [-0.3, -0.25) is 10.5 Å². The number of methoxy groups -OCH3 is 1. The average molecular weight is 251 g/mol. The van der Waals surface area contributed by atoms with Gasteiger partial charge in [0.15, 0.2) is 11.6 Å². The van der Waals surface area contributed by atoms with Crippen LogP contribution in [0.4, 0.5) is 4.39 Å². The Morgan fingerprint density at radius 3 is 2.83 bits per heavy atom. The summed E-state index contributed by atoms with van der Waals surface area (Å²) in [6.45, 7) is 0. The molecule has 0 aliphatic rings. The Hall–Kier alpha value is -1.99. The van der Waals surface area contributed by atoms with E-state index in [2.05, 4.69) is 15.7 Å². The predicted octanol–water partition coefficient (Wildman–Crippen LogP) is 0.516. The zero-order valence-electron chi connectivity index (χ0n) is 10.1. The van der Waals surface area contributed by atoms with Crippen molar-refractivity contribution in [2.75, 3.05) is 7.11 Å². The lowest BCUT2D eigenvalue weighted by atomic mass is 10.0. The van der Waals surface area contributed by atoms with E-state index in [0.29, 0.717) is 0 Å². The molecule has 0 amide bonds. The van der Waals surface area contributed by atoms with Crippen molar-refractivity contribution in [3.05, 3.63) is 41.5 Å². The monoisotopic (exact) mass is 251 g/mol. The van der Waals surface area contributed by atoms with Crippen LogP contribution in [0.2, 0.25) is 0 Å². The lowest BCUT2D eigenvalue weighted by Crippen LogP contribution is -2.30. The molecule has 1 heterocycles. The minimum absolute atomic E-state index is 0.169. The molecule has 0 aliphatic carbocycles. The molecular formula is C11H14FN5O. The van der Waals surface area contributed by atoms with Crippen LogP contribution in [0.25, 0.3) is 0 Å². The number of hydrogen-bond donors (Lipinski definition) is 2. The first-order valence-electron chi connectivity index (χ1n) is 5.31. The molecule has 1 aromatic heterocycles. The van der Waals surface area contributed by atoms with E-state index in [0.717, 1.165) is 11.3 Å². The van der Waals surface area contributed by atoms with Crippen molar-refractivity contribution in [2.45, 2.75) is 6.04 Å². The van der Waals surface area contributed by atoms with Crippen LogP contribution in [0.3, 0.4) is 0 Å². The van der Waals surface area contributed by atoms with Crippen LogP contribution in [0.15, 0.2) is 24.4 Å². The quantitative estimate of drug-likeness (QED) is 0.611. The minimum Gasteiger partial charge on any atom is -0.494 e. The van der Waals surface area contributed by atoms with Crippen LogP contribution < -0.4 is 16.0 Å². The number of nitrogens with two attached hydrogens (primary N) is 1. The third-order valence-electron chi connectivity index (χ3n) is 2.72. The molecule has 3 N–H and O–H groups in total. The van der Waals surface area contributed by atoms with Crippen LogP contribution in [0.5, 0.6) is 5.75 Å². The first-order valence-corrected chi connectivity index (χ1v) is 5.31. The smallest absolute Gasteiger partial charge is 0.165 e. The van der Waals surface area contributed by atoms with Crippen molar-refractivity contribution in [2.24, 2.45) is 12.9 Å². The van der Waals surface area contributed by atoms with E-state index < -0.39 is 5.82 Å². The third-order valence-corrected chi connectivity index (χ3v) is 2.72. The molecule has 0 bridgehead atoms. The van der Waals surface area contributed by atoms with Crippen molar-refractivity contribution in [3.63, 3.8) is 0 Å². The predicted molar refractivity (Wildman–Crippen MR) is 63.1 cm³/mol. The van der Waals surface area contributed by atoms with Crippen molar-refractivity contribution < 1.29 is 9.13 Å². The van der Waals surface area contributed by atoms with E-state index in [1.165, 1.54) is 13.2 Å². The highest BCUT2D eigenvalue weighted by atomic mass is 19.1. The Kier molecular flexibility index (Phi) is 3.54. The average Bonchev–Trinajstić information content (AvgIpc) is 2.79. The molecule has 0 saturated carbocycles. The summed E-state index contributed by atoms with van der Waals surface area (Å²) in [6.07, 6.45) is 1.60. The number of aromatic nitrogens is 3. The van der Waals surface area contributed by atoms with Gasteiger partial charge in [0.25, 0.3) is 0 Å². The first-order chi connectivity index (χ1) is 8.67. The summed E-state index contributed by atoms with van der Waals surface area (Å²) in [5, 5.41) is 7.63. The molecule has 96 valence electrons. The number of ether oxygens (including phenoxy) is 1. The normalized spacial score (nSPS) is 12.4. The maximum absolute atomic E-state index is 13.4. The number of aryl methyl sites for hydroxylation is 1. The molecule has 2 rings (SSSR count). The van der Waals surface area contributed by atoms with Gasteiger partial charge in [-0.2, -0.15) is 0 Å². The number of hydrazine groups is 1. The lowest BCUT2D eigenvalue weighted by molar-refractivity contribution is 0.385. The second kappa shape index (κ2) is 5.11. The second-order valence-electron chi connectivity index (χ2n) is 3.78. The van der Waals surface area contributed by atoms with Crippen LogP contribution >= 0.6 is 0 Å². The molecule has 1 atom stereocenters. The summed E-state index contributed by atoms with van der Waals surface area (Å²) in [7, 11) is 3.17. The molecule has 0 spiro atoms. The van der Waals surface area contributed by atoms with Gasteiger partial charge in [-0.1, -0.05) is 11.3 Å². The van der Waals surface area contributed by atoms with Gasteiger partial charge < -0.3 is 4.74 Å². The van der Waals surface area contributed by atoms with E-state index in [4.69, 9.17) is 10.6 Å². The highest BCUT2D eigenvalue weighted by Gasteiger charge is 2.18. The number of benzene rings is 1. The molecule has 1 aromatic carbocycles. The molecule has 18 heavy (non-hydrogen) atoms. The zero-order valence-corrected chi connectivity index (χ0v) is 10.1. The van der Waals surface area contributed by atoms with E-state index in [1.54, 1.807) is 30.1 Å². The molecule has 7 heteroatoms. The lowest BCUT2D eigenvalue weighted by Gasteiger charge is -2.16. The van der Waals surface area contributed by atoms with Gasteiger partial charge >= 0.3 is 0 Å². The van der Waals surface area contributed by atoms with Crippen molar-refractivity contribution in [1.82, 2.24) is 20.4 Å². The van der Waals surface area contributed by atoms with Crippen molar-refractivity contribution >= 4 is 0 Å². The van der Waals surface area contributed by atoms with Crippen molar-refractivity contribution in [3.8, 4) is 5.75 Å². The van der Waals surface area contributed by atoms with Crippen LogP contribution in [-0.2, 0) is 7.05 Å². The van der Waals surface area contributed by atoms with Crippen LogP contribution in [0, 0.1) is 5.82 Å². The highest BCUT2D eigenvalue weighted by molar-refractivity contribution is 5.35. The number of hydrogen-bond acceptors (Lipinski definition) is 5. The van der Waals surface area contributed by atoms with Gasteiger partial charge in [0.1, 0.15) is 0 Å². The Morgan fingerprint density at radius 2 is 2.28 bits per heavy atom. The summed E-state index contributed by atoms with van der Waals surface area (Å²) in [6, 6.07) is 4.23. The number of halogens is 1. The van der Waals surface area contributed by atoms with Crippen molar-refractivity contribution in [1.29, 1.82) is 0 Å². The maximum Gasteiger partial charge on any atom is 0.165 e.